The quantitative estimate of drug-likeness (QED) is 0.478. The van der Waals surface area contributed by atoms with E-state index in [1.165, 1.54) is 7.11 Å². The largest absolute Gasteiger partial charge is 0.391 e. The summed E-state index contributed by atoms with van der Waals surface area (Å²) in [6.07, 6.45) is 1.59. The highest BCUT2D eigenvalue weighted by atomic mass is 16.5. The third kappa shape index (κ3) is 6.03. The average Bonchev–Trinajstić information content (AvgIpc) is 3.45. The van der Waals surface area contributed by atoms with Crippen LogP contribution in [0.4, 0.5) is 0 Å². The summed E-state index contributed by atoms with van der Waals surface area (Å²) in [4.78, 5) is 20.5. The number of aliphatic hydroxyl groups is 1. The topological polar surface area (TPSA) is 79.6 Å². The summed E-state index contributed by atoms with van der Waals surface area (Å²) in [5, 5.41) is 13.8. The minimum Gasteiger partial charge on any atom is -0.391 e. The molecule has 0 unspecified atom stereocenters. The number of imidazole rings is 1. The van der Waals surface area contributed by atoms with Gasteiger partial charge in [-0.1, -0.05) is 81.4 Å². The van der Waals surface area contributed by atoms with Gasteiger partial charge in [0, 0.05) is 51.0 Å². The van der Waals surface area contributed by atoms with Crippen LogP contribution in [0.15, 0.2) is 66.9 Å². The number of ether oxygens (including phenoxy) is 1. The lowest BCUT2D eigenvalue weighted by Gasteiger charge is -2.41. The number of nitrogens with one attached hydrogen (secondary N) is 1. The van der Waals surface area contributed by atoms with Crippen molar-refractivity contribution < 1.29 is 14.6 Å². The molecular formula is C29H38N4O3. The van der Waals surface area contributed by atoms with Gasteiger partial charge in [-0.2, -0.15) is 0 Å². The van der Waals surface area contributed by atoms with E-state index in [2.05, 4.69) is 61.1 Å². The number of hydrogen-bond acceptors (Lipinski definition) is 5. The van der Waals surface area contributed by atoms with Gasteiger partial charge in [-0.25, -0.2) is 4.98 Å². The molecule has 2 N–H and O–H groups in total. The van der Waals surface area contributed by atoms with Crippen molar-refractivity contribution in [3.63, 3.8) is 0 Å². The zero-order chi connectivity index (χ0) is 25.7. The van der Waals surface area contributed by atoms with Crippen molar-refractivity contribution in [3.05, 3.63) is 78.2 Å². The number of rotatable bonds is 9. The molecular weight excluding hydrogens is 452 g/mol. The summed E-state index contributed by atoms with van der Waals surface area (Å²) in [6.45, 7) is 8.67. The maximum absolute atomic E-state index is 13.5. The van der Waals surface area contributed by atoms with Crippen LogP contribution in [-0.2, 0) is 16.1 Å². The molecule has 2 aromatic carbocycles. The standard InChI is InChI=1S/C29H38N4O3/c1-29(2,3)27(33(26(35)20-36-4)18-23-15-30-16-25(23)34)28-31-24(22-13-9-6-10-14-22)19-32(28)17-21-11-7-5-8-12-21/h5-14,19,23,25,27,30,34H,15-18,20H2,1-4H3/t23-,25-,27-/m0/s1. The molecule has 7 heteroatoms. The van der Waals surface area contributed by atoms with E-state index in [1.54, 1.807) is 0 Å². The lowest BCUT2D eigenvalue weighted by molar-refractivity contribution is -0.142. The van der Waals surface area contributed by atoms with Gasteiger partial charge in [0.25, 0.3) is 0 Å². The zero-order valence-electron chi connectivity index (χ0n) is 21.7. The number of carbonyl (C=O) groups is 1. The Morgan fingerprint density at radius 1 is 1.14 bits per heavy atom. The molecule has 1 aliphatic rings. The summed E-state index contributed by atoms with van der Waals surface area (Å²) in [7, 11) is 1.54. The predicted molar refractivity (Wildman–Crippen MR) is 141 cm³/mol. The van der Waals surface area contributed by atoms with Crippen molar-refractivity contribution in [2.45, 2.75) is 39.5 Å². The Morgan fingerprint density at radius 2 is 1.81 bits per heavy atom. The van der Waals surface area contributed by atoms with E-state index in [1.807, 2.05) is 41.3 Å². The van der Waals surface area contributed by atoms with Gasteiger partial charge in [0.2, 0.25) is 5.91 Å². The first-order valence-corrected chi connectivity index (χ1v) is 12.6. The summed E-state index contributed by atoms with van der Waals surface area (Å²) >= 11 is 0. The number of aliphatic hydroxyl groups excluding tert-OH is 1. The van der Waals surface area contributed by atoms with Crippen LogP contribution in [-0.4, -0.2) is 64.9 Å². The summed E-state index contributed by atoms with van der Waals surface area (Å²) in [6, 6.07) is 20.1. The van der Waals surface area contributed by atoms with E-state index in [9.17, 15) is 9.90 Å². The van der Waals surface area contributed by atoms with Gasteiger partial charge >= 0.3 is 0 Å². The molecule has 1 saturated heterocycles. The fourth-order valence-corrected chi connectivity index (χ4v) is 5.01. The van der Waals surface area contributed by atoms with Crippen molar-refractivity contribution in [3.8, 4) is 11.3 Å². The van der Waals surface area contributed by atoms with E-state index < -0.39 is 6.10 Å². The van der Waals surface area contributed by atoms with Gasteiger partial charge in [-0.3, -0.25) is 4.79 Å². The Labute approximate surface area is 214 Å². The van der Waals surface area contributed by atoms with E-state index >= 15 is 0 Å². The number of benzene rings is 2. The van der Waals surface area contributed by atoms with Crippen molar-refractivity contribution in [2.24, 2.45) is 11.3 Å². The third-order valence-electron chi connectivity index (χ3n) is 6.77. The smallest absolute Gasteiger partial charge is 0.249 e. The molecule has 3 atom stereocenters. The Balaban J connectivity index is 1.82. The molecule has 2 heterocycles. The minimum absolute atomic E-state index is 0.0201. The maximum atomic E-state index is 13.5. The molecule has 1 amide bonds. The minimum atomic E-state index is -0.493. The molecule has 3 aromatic rings. The fraction of sp³-hybridized carbons (Fsp3) is 0.448. The average molecular weight is 491 g/mol. The maximum Gasteiger partial charge on any atom is 0.249 e. The molecule has 7 nitrogen and oxygen atoms in total. The predicted octanol–water partition coefficient (Wildman–Crippen LogP) is 3.74. The molecule has 1 fully saturated rings. The number of β-amino-alcohol motifs (C(OH)–C–C–N with tert-alkyl or cyclic N) is 1. The van der Waals surface area contributed by atoms with Crippen LogP contribution in [0.3, 0.4) is 0 Å². The van der Waals surface area contributed by atoms with Crippen molar-refractivity contribution in [2.75, 3.05) is 33.4 Å². The molecule has 192 valence electrons. The molecule has 0 aliphatic carbocycles. The number of amides is 1. The highest BCUT2D eigenvalue weighted by molar-refractivity contribution is 5.78. The first-order chi connectivity index (χ1) is 17.3. The second-order valence-corrected chi connectivity index (χ2v) is 10.7. The number of aromatic nitrogens is 2. The van der Waals surface area contributed by atoms with Crippen LogP contribution in [0.1, 0.15) is 38.2 Å². The molecule has 0 bridgehead atoms. The van der Waals surface area contributed by atoms with Gasteiger partial charge in [-0.15, -0.1) is 0 Å². The normalized spacial score (nSPS) is 18.8. The Hall–Kier alpha value is -3.00. The van der Waals surface area contributed by atoms with E-state index in [-0.39, 0.29) is 29.9 Å². The Kier molecular flexibility index (Phi) is 8.24. The Morgan fingerprint density at radius 3 is 2.39 bits per heavy atom. The number of hydrogen-bond donors (Lipinski definition) is 2. The van der Waals surface area contributed by atoms with Crippen LogP contribution >= 0.6 is 0 Å². The van der Waals surface area contributed by atoms with Crippen LogP contribution in [0.5, 0.6) is 0 Å². The van der Waals surface area contributed by atoms with E-state index in [0.717, 1.165) is 22.6 Å². The summed E-state index contributed by atoms with van der Waals surface area (Å²) in [5.41, 5.74) is 2.74. The highest BCUT2D eigenvalue weighted by Crippen LogP contribution is 2.40. The Bertz CT molecular complexity index is 1120. The third-order valence-corrected chi connectivity index (χ3v) is 6.77. The molecule has 36 heavy (non-hydrogen) atoms. The van der Waals surface area contributed by atoms with Gasteiger partial charge < -0.3 is 24.6 Å². The number of carbonyl (C=O) groups excluding carboxylic acids is 1. The van der Waals surface area contributed by atoms with Gasteiger partial charge in [0.15, 0.2) is 0 Å². The van der Waals surface area contributed by atoms with Crippen molar-refractivity contribution in [1.29, 1.82) is 0 Å². The monoisotopic (exact) mass is 490 g/mol. The lowest BCUT2D eigenvalue weighted by atomic mass is 9.84. The zero-order valence-corrected chi connectivity index (χ0v) is 21.7. The molecule has 0 saturated carbocycles. The van der Waals surface area contributed by atoms with Gasteiger partial charge in [-0.05, 0) is 11.0 Å². The van der Waals surface area contributed by atoms with E-state index in [0.29, 0.717) is 26.2 Å². The molecule has 0 spiro atoms. The molecule has 0 radical (unpaired) electrons. The number of nitrogens with zero attached hydrogens (tertiary/aromatic N) is 3. The SMILES string of the molecule is COCC(=O)N(C[C@@H]1CNC[C@@H]1O)[C@@H](c1nc(-c2ccccc2)cn1Cc1ccccc1)C(C)(C)C. The van der Waals surface area contributed by atoms with Crippen molar-refractivity contribution >= 4 is 5.91 Å². The van der Waals surface area contributed by atoms with Crippen LogP contribution < -0.4 is 5.32 Å². The van der Waals surface area contributed by atoms with Crippen LogP contribution in [0.2, 0.25) is 0 Å². The van der Waals surface area contributed by atoms with Gasteiger partial charge in [0.1, 0.15) is 12.4 Å². The summed E-state index contributed by atoms with van der Waals surface area (Å²) in [5.74, 6) is 0.670. The van der Waals surface area contributed by atoms with Crippen molar-refractivity contribution in [1.82, 2.24) is 19.8 Å². The molecule has 1 aliphatic heterocycles. The summed E-state index contributed by atoms with van der Waals surface area (Å²) < 4.78 is 7.45. The number of methoxy groups -OCH3 is 1. The first kappa shape index (κ1) is 26.1. The van der Waals surface area contributed by atoms with Crippen LogP contribution in [0, 0.1) is 11.3 Å². The van der Waals surface area contributed by atoms with Crippen LogP contribution in [0.25, 0.3) is 11.3 Å². The first-order valence-electron chi connectivity index (χ1n) is 12.6. The van der Waals surface area contributed by atoms with Gasteiger partial charge in [0.05, 0.1) is 17.8 Å². The lowest BCUT2D eigenvalue weighted by Crippen LogP contribution is -2.47. The van der Waals surface area contributed by atoms with E-state index in [4.69, 9.17) is 9.72 Å². The second-order valence-electron chi connectivity index (χ2n) is 10.7. The molecule has 4 rings (SSSR count). The fourth-order valence-electron chi connectivity index (χ4n) is 5.01. The highest BCUT2D eigenvalue weighted by Gasteiger charge is 2.40. The molecule has 1 aromatic heterocycles. The second kappa shape index (κ2) is 11.4.